The van der Waals surface area contributed by atoms with Crippen LogP contribution in [0.1, 0.15) is 49.2 Å². The molecule has 1 aromatic carbocycles. The quantitative estimate of drug-likeness (QED) is 0.746. The van der Waals surface area contributed by atoms with E-state index >= 15 is 0 Å². The molecule has 2 aromatic rings. The van der Waals surface area contributed by atoms with Gasteiger partial charge in [-0.05, 0) is 37.8 Å². The summed E-state index contributed by atoms with van der Waals surface area (Å²) in [7, 11) is 0. The molecule has 0 atom stereocenters. The topological polar surface area (TPSA) is 28.7 Å². The van der Waals surface area contributed by atoms with Crippen LogP contribution >= 0.6 is 0 Å². The minimum atomic E-state index is 0. The average Bonchev–Trinajstić information content (AvgIpc) is 2.63. The summed E-state index contributed by atoms with van der Waals surface area (Å²) in [4.78, 5) is 7.95. The van der Waals surface area contributed by atoms with E-state index in [1.807, 2.05) is 20.8 Å². The molecule has 0 aliphatic heterocycles. The summed E-state index contributed by atoms with van der Waals surface area (Å²) in [5.74, 6) is 1.04. The van der Waals surface area contributed by atoms with Crippen molar-refractivity contribution in [1.29, 1.82) is 0 Å². The molecule has 0 unspecified atom stereocenters. The first kappa shape index (κ1) is 12.9. The highest BCUT2D eigenvalue weighted by molar-refractivity contribution is 5.38. The number of hydrogen-bond donors (Lipinski definition) is 1. The molecule has 0 spiro atoms. The zero-order chi connectivity index (χ0) is 13.1. The fraction of sp³-hybridized carbons (Fsp3) is 0.438. The van der Waals surface area contributed by atoms with Gasteiger partial charge in [-0.25, -0.2) is 4.98 Å². The molecule has 0 fully saturated rings. The van der Waals surface area contributed by atoms with Crippen LogP contribution < -0.4 is 0 Å². The fourth-order valence-corrected chi connectivity index (χ4v) is 2.55. The van der Waals surface area contributed by atoms with Crippen molar-refractivity contribution in [3.63, 3.8) is 0 Å². The molecule has 2 heteroatoms. The molecule has 1 N–H and O–H groups in total. The molecular weight excluding hydrogens is 220 g/mol. The molecule has 0 saturated heterocycles. The van der Waals surface area contributed by atoms with E-state index in [4.69, 9.17) is 0 Å². The van der Waals surface area contributed by atoms with Crippen molar-refractivity contribution < 1.29 is 1.43 Å². The highest BCUT2D eigenvalue weighted by Crippen LogP contribution is 2.23. The predicted molar refractivity (Wildman–Crippen MR) is 78.2 cm³/mol. The molecule has 0 bridgehead atoms. The van der Waals surface area contributed by atoms with Crippen LogP contribution in [-0.2, 0) is 19.3 Å². The van der Waals surface area contributed by atoms with Gasteiger partial charge in [-0.15, -0.1) is 0 Å². The molecule has 0 saturated carbocycles. The maximum Gasteiger partial charge on any atom is 0.103 e. The van der Waals surface area contributed by atoms with Crippen molar-refractivity contribution in [3.8, 4) is 0 Å². The van der Waals surface area contributed by atoms with Gasteiger partial charge in [0.15, 0.2) is 0 Å². The Bertz CT molecular complexity index is 544. The van der Waals surface area contributed by atoms with E-state index in [1.54, 1.807) is 0 Å². The molecule has 2 nitrogen and oxygen atoms in total. The minimum Gasteiger partial charge on any atom is -0.346 e. The smallest absolute Gasteiger partial charge is 0.103 e. The molecule has 3 rings (SSSR count). The Labute approximate surface area is 111 Å². The van der Waals surface area contributed by atoms with Crippen molar-refractivity contribution in [2.45, 2.75) is 47.0 Å². The van der Waals surface area contributed by atoms with E-state index in [9.17, 15) is 0 Å². The average molecular weight is 244 g/mol. The van der Waals surface area contributed by atoms with Crippen molar-refractivity contribution in [2.75, 3.05) is 0 Å². The van der Waals surface area contributed by atoms with Gasteiger partial charge in [0.2, 0.25) is 0 Å². The summed E-state index contributed by atoms with van der Waals surface area (Å²) in [6.45, 7) is 8.19. The maximum absolute atomic E-state index is 4.56. The Morgan fingerprint density at radius 2 is 1.89 bits per heavy atom. The van der Waals surface area contributed by atoms with E-state index < -0.39 is 0 Å². The van der Waals surface area contributed by atoms with Gasteiger partial charge >= 0.3 is 0 Å². The molecular formula is C16H24N2. The number of rotatable bonds is 0. The van der Waals surface area contributed by atoms with Crippen LogP contribution in [0.5, 0.6) is 0 Å². The zero-order valence-electron chi connectivity index (χ0n) is 11.8. The summed E-state index contributed by atoms with van der Waals surface area (Å²) < 4.78 is 0. The van der Waals surface area contributed by atoms with E-state index in [2.05, 4.69) is 35.1 Å². The summed E-state index contributed by atoms with van der Waals surface area (Å²) in [6.07, 6.45) is 3.19. The lowest BCUT2D eigenvalue weighted by molar-refractivity contribution is 0.923. The number of aromatic amines is 1. The summed E-state index contributed by atoms with van der Waals surface area (Å²) in [5.41, 5.74) is 6.85. The van der Waals surface area contributed by atoms with Crippen molar-refractivity contribution in [2.24, 2.45) is 0 Å². The van der Waals surface area contributed by atoms with Gasteiger partial charge in [0.05, 0.1) is 5.69 Å². The van der Waals surface area contributed by atoms with Gasteiger partial charge in [-0.1, -0.05) is 37.6 Å². The minimum absolute atomic E-state index is 0. The Morgan fingerprint density at radius 1 is 1.11 bits per heavy atom. The third kappa shape index (κ3) is 2.47. The van der Waals surface area contributed by atoms with Crippen LogP contribution in [0.15, 0.2) is 18.2 Å². The van der Waals surface area contributed by atoms with Crippen LogP contribution in [0.3, 0.4) is 0 Å². The molecule has 18 heavy (non-hydrogen) atoms. The normalized spacial score (nSPS) is 12.9. The second-order valence-corrected chi connectivity index (χ2v) is 4.70. The Balaban J connectivity index is 0.000000576. The Morgan fingerprint density at radius 3 is 2.67 bits per heavy atom. The van der Waals surface area contributed by atoms with Gasteiger partial charge in [0, 0.05) is 13.5 Å². The number of aryl methyl sites for hydroxylation is 4. The Hall–Kier alpha value is -1.57. The first-order chi connectivity index (χ1) is 8.72. The van der Waals surface area contributed by atoms with E-state index in [0.29, 0.717) is 0 Å². The van der Waals surface area contributed by atoms with Crippen LogP contribution in [-0.4, -0.2) is 9.97 Å². The number of nitrogens with one attached hydrogen (secondary N) is 1. The van der Waals surface area contributed by atoms with Gasteiger partial charge < -0.3 is 4.98 Å². The molecule has 1 heterocycles. The molecule has 0 amide bonds. The molecule has 1 aliphatic rings. The lowest BCUT2D eigenvalue weighted by Crippen LogP contribution is -1.94. The highest BCUT2D eigenvalue weighted by Gasteiger charge is 2.15. The SMILES string of the molecule is CC.Cc1ccc2c(c1)Cc1[nH]c(C)nc1CC2.[HH]. The van der Waals surface area contributed by atoms with Crippen molar-refractivity contribution in [3.05, 3.63) is 52.1 Å². The standard InChI is InChI=1S/C14H16N2.C2H6.H2/c1-9-3-4-11-5-6-13-14(8-12(11)7-9)16-10(2)15-13;1-2;/h3-4,7H,5-6,8H2,1-2H3,(H,15,16);1-2H3;1H. The number of benzene rings is 1. The molecule has 1 aliphatic carbocycles. The number of H-pyrrole nitrogens is 1. The number of nitrogens with zero attached hydrogens (tertiary/aromatic N) is 1. The van der Waals surface area contributed by atoms with Gasteiger partial charge in [0.1, 0.15) is 5.82 Å². The summed E-state index contributed by atoms with van der Waals surface area (Å²) in [5, 5.41) is 0. The monoisotopic (exact) mass is 244 g/mol. The summed E-state index contributed by atoms with van der Waals surface area (Å²) in [6, 6.07) is 6.78. The van der Waals surface area contributed by atoms with Crippen LogP contribution in [0.25, 0.3) is 0 Å². The van der Waals surface area contributed by atoms with Crippen molar-refractivity contribution >= 4 is 0 Å². The molecule has 0 radical (unpaired) electrons. The van der Waals surface area contributed by atoms with E-state index in [1.165, 1.54) is 28.1 Å². The lowest BCUT2D eigenvalue weighted by atomic mass is 10.0. The third-order valence-electron chi connectivity index (χ3n) is 3.34. The molecule has 1 aromatic heterocycles. The molecule has 98 valence electrons. The Kier molecular flexibility index (Phi) is 3.85. The second-order valence-electron chi connectivity index (χ2n) is 4.70. The second kappa shape index (κ2) is 5.38. The fourth-order valence-electron chi connectivity index (χ4n) is 2.55. The highest BCUT2D eigenvalue weighted by atomic mass is 14.9. The first-order valence-corrected chi connectivity index (χ1v) is 6.85. The van der Waals surface area contributed by atoms with Gasteiger partial charge in [-0.2, -0.15) is 0 Å². The lowest BCUT2D eigenvalue weighted by Gasteiger charge is -2.06. The van der Waals surface area contributed by atoms with E-state index in [0.717, 1.165) is 25.1 Å². The number of hydrogen-bond acceptors (Lipinski definition) is 1. The zero-order valence-corrected chi connectivity index (χ0v) is 11.8. The van der Waals surface area contributed by atoms with Gasteiger partial charge in [0.25, 0.3) is 0 Å². The maximum atomic E-state index is 4.56. The summed E-state index contributed by atoms with van der Waals surface area (Å²) >= 11 is 0. The number of imidazole rings is 1. The number of aromatic nitrogens is 2. The predicted octanol–water partition coefficient (Wildman–Crippen LogP) is 3.99. The van der Waals surface area contributed by atoms with E-state index in [-0.39, 0.29) is 1.43 Å². The van der Waals surface area contributed by atoms with Crippen molar-refractivity contribution in [1.82, 2.24) is 9.97 Å². The van der Waals surface area contributed by atoms with Crippen LogP contribution in [0.2, 0.25) is 0 Å². The van der Waals surface area contributed by atoms with Gasteiger partial charge in [-0.3, -0.25) is 0 Å². The van der Waals surface area contributed by atoms with Crippen LogP contribution in [0.4, 0.5) is 0 Å². The third-order valence-corrected chi connectivity index (χ3v) is 3.34. The number of fused-ring (bicyclic) bond motifs is 2. The first-order valence-electron chi connectivity index (χ1n) is 6.85. The van der Waals surface area contributed by atoms with Crippen LogP contribution in [0, 0.1) is 13.8 Å². The largest absolute Gasteiger partial charge is 0.346 e.